The molecule has 3 rings (SSSR count). The quantitative estimate of drug-likeness (QED) is 0.715. The van der Waals surface area contributed by atoms with Gasteiger partial charge in [0.2, 0.25) is 0 Å². The van der Waals surface area contributed by atoms with E-state index in [1.807, 2.05) is 14.0 Å². The van der Waals surface area contributed by atoms with Crippen molar-refractivity contribution in [3.05, 3.63) is 30.1 Å². The fraction of sp³-hybridized carbons (Fsp3) is 0.167. The Morgan fingerprint density at radius 3 is 2.88 bits per heavy atom. The van der Waals surface area contributed by atoms with E-state index in [2.05, 4.69) is 27.7 Å². The monoisotopic (exact) mass is 244 g/mol. The molecule has 0 aliphatic heterocycles. The molecule has 17 heavy (non-hydrogen) atoms. The standard InChI is InChI=1S/C12H12N4S/c1-7-9-4-3-8(5-11(9)17-15-7)10-6-14-16(2)12(10)13/h3-6H,13H2,1-2H3. The highest BCUT2D eigenvalue weighted by Crippen LogP contribution is 2.30. The normalized spacial score (nSPS) is 11.2. The summed E-state index contributed by atoms with van der Waals surface area (Å²) in [7, 11) is 1.84. The van der Waals surface area contributed by atoms with Crippen molar-refractivity contribution < 1.29 is 0 Å². The third-order valence-electron chi connectivity index (χ3n) is 2.95. The zero-order valence-electron chi connectivity index (χ0n) is 9.64. The van der Waals surface area contributed by atoms with E-state index in [1.54, 1.807) is 10.9 Å². The van der Waals surface area contributed by atoms with Gasteiger partial charge in [-0.05, 0) is 30.1 Å². The van der Waals surface area contributed by atoms with E-state index in [4.69, 9.17) is 5.73 Å². The van der Waals surface area contributed by atoms with Gasteiger partial charge < -0.3 is 5.73 Å². The minimum absolute atomic E-state index is 0.686. The average Bonchev–Trinajstić information content (AvgIpc) is 2.85. The van der Waals surface area contributed by atoms with Crippen molar-refractivity contribution >= 4 is 27.4 Å². The van der Waals surface area contributed by atoms with Gasteiger partial charge in [-0.1, -0.05) is 12.1 Å². The van der Waals surface area contributed by atoms with Gasteiger partial charge in [-0.15, -0.1) is 0 Å². The maximum absolute atomic E-state index is 5.97. The minimum Gasteiger partial charge on any atom is -0.383 e. The number of anilines is 1. The summed E-state index contributed by atoms with van der Waals surface area (Å²) < 4.78 is 7.21. The van der Waals surface area contributed by atoms with E-state index < -0.39 is 0 Å². The third kappa shape index (κ3) is 1.51. The molecule has 4 nitrogen and oxygen atoms in total. The number of benzene rings is 1. The molecule has 0 saturated carbocycles. The number of fused-ring (bicyclic) bond motifs is 1. The maximum Gasteiger partial charge on any atom is 0.129 e. The largest absolute Gasteiger partial charge is 0.383 e. The Bertz CT molecular complexity index is 696. The molecule has 0 unspecified atom stereocenters. The molecular formula is C12H12N4S. The number of aromatic nitrogens is 3. The van der Waals surface area contributed by atoms with Crippen LogP contribution in [0.3, 0.4) is 0 Å². The molecule has 86 valence electrons. The fourth-order valence-electron chi connectivity index (χ4n) is 1.90. The van der Waals surface area contributed by atoms with Crippen molar-refractivity contribution in [2.75, 3.05) is 5.73 Å². The first-order valence-corrected chi connectivity index (χ1v) is 6.08. The average molecular weight is 244 g/mol. The van der Waals surface area contributed by atoms with Crippen LogP contribution in [0.1, 0.15) is 5.69 Å². The predicted octanol–water partition coefficient (Wildman–Crippen LogP) is 2.59. The maximum atomic E-state index is 5.97. The zero-order chi connectivity index (χ0) is 12.0. The molecule has 2 heterocycles. The van der Waals surface area contributed by atoms with Crippen LogP contribution in [0.15, 0.2) is 24.4 Å². The zero-order valence-corrected chi connectivity index (χ0v) is 10.5. The Kier molecular flexibility index (Phi) is 2.16. The molecule has 1 aromatic carbocycles. The molecule has 3 aromatic rings. The summed E-state index contributed by atoms with van der Waals surface area (Å²) in [6, 6.07) is 6.28. The van der Waals surface area contributed by atoms with Crippen molar-refractivity contribution in [3.63, 3.8) is 0 Å². The molecule has 2 aromatic heterocycles. The van der Waals surface area contributed by atoms with Gasteiger partial charge in [-0.2, -0.15) is 9.47 Å². The molecule has 0 aliphatic carbocycles. The minimum atomic E-state index is 0.686. The van der Waals surface area contributed by atoms with Crippen molar-refractivity contribution in [1.29, 1.82) is 0 Å². The number of nitrogens with zero attached hydrogens (tertiary/aromatic N) is 3. The van der Waals surface area contributed by atoms with Crippen LogP contribution in [0.2, 0.25) is 0 Å². The number of hydrogen-bond donors (Lipinski definition) is 1. The lowest BCUT2D eigenvalue weighted by molar-refractivity contribution is 0.779. The van der Waals surface area contributed by atoms with Gasteiger partial charge >= 0.3 is 0 Å². The van der Waals surface area contributed by atoms with Gasteiger partial charge in [0, 0.05) is 18.0 Å². The smallest absolute Gasteiger partial charge is 0.129 e. The summed E-state index contributed by atoms with van der Waals surface area (Å²) in [6.45, 7) is 2.02. The number of nitrogen functional groups attached to an aromatic ring is 1. The van der Waals surface area contributed by atoms with Gasteiger partial charge in [0.1, 0.15) is 5.82 Å². The first-order chi connectivity index (χ1) is 8.16. The Hall–Kier alpha value is -1.88. The summed E-state index contributed by atoms with van der Waals surface area (Å²) in [5.74, 6) is 0.686. The second-order valence-corrected chi connectivity index (χ2v) is 4.85. The molecule has 5 heteroatoms. The van der Waals surface area contributed by atoms with Crippen LogP contribution in [0.4, 0.5) is 5.82 Å². The van der Waals surface area contributed by atoms with Crippen LogP contribution < -0.4 is 5.73 Å². The second-order valence-electron chi connectivity index (χ2n) is 4.05. The highest BCUT2D eigenvalue weighted by molar-refractivity contribution is 7.13. The molecule has 0 spiro atoms. The highest BCUT2D eigenvalue weighted by atomic mass is 32.1. The first-order valence-electron chi connectivity index (χ1n) is 5.30. The van der Waals surface area contributed by atoms with Crippen LogP contribution in [0, 0.1) is 6.92 Å². The summed E-state index contributed by atoms with van der Waals surface area (Å²) in [4.78, 5) is 0. The van der Waals surface area contributed by atoms with E-state index >= 15 is 0 Å². The summed E-state index contributed by atoms with van der Waals surface area (Å²) >= 11 is 1.52. The lowest BCUT2D eigenvalue weighted by Gasteiger charge is -2.01. The van der Waals surface area contributed by atoms with E-state index in [9.17, 15) is 0 Å². The van der Waals surface area contributed by atoms with Gasteiger partial charge in [-0.3, -0.25) is 4.68 Å². The molecule has 0 fully saturated rings. The van der Waals surface area contributed by atoms with E-state index in [0.29, 0.717) is 5.82 Å². The van der Waals surface area contributed by atoms with Crippen LogP contribution in [0.25, 0.3) is 21.2 Å². The van der Waals surface area contributed by atoms with Gasteiger partial charge in [-0.25, -0.2) is 0 Å². The van der Waals surface area contributed by atoms with Crippen LogP contribution in [-0.4, -0.2) is 14.2 Å². The Morgan fingerprint density at radius 1 is 1.35 bits per heavy atom. The second kappa shape index (κ2) is 3.56. The molecule has 2 N–H and O–H groups in total. The number of hydrogen-bond acceptors (Lipinski definition) is 4. The fourth-order valence-corrected chi connectivity index (χ4v) is 2.73. The molecule has 0 bridgehead atoms. The number of nitrogens with two attached hydrogens (primary N) is 1. The number of rotatable bonds is 1. The molecule has 0 radical (unpaired) electrons. The summed E-state index contributed by atoms with van der Waals surface area (Å²) in [6.07, 6.45) is 1.80. The van der Waals surface area contributed by atoms with Crippen molar-refractivity contribution in [1.82, 2.24) is 14.2 Å². The van der Waals surface area contributed by atoms with E-state index in [1.165, 1.54) is 21.6 Å². The first kappa shape index (κ1) is 10.3. The highest BCUT2D eigenvalue weighted by Gasteiger charge is 2.09. The van der Waals surface area contributed by atoms with Crippen molar-refractivity contribution in [3.8, 4) is 11.1 Å². The van der Waals surface area contributed by atoms with E-state index in [0.717, 1.165) is 16.8 Å². The topological polar surface area (TPSA) is 56.7 Å². The van der Waals surface area contributed by atoms with Gasteiger partial charge in [0.15, 0.2) is 0 Å². The molecule has 0 saturated heterocycles. The molecule has 0 atom stereocenters. The summed E-state index contributed by atoms with van der Waals surface area (Å²) in [5, 5.41) is 5.37. The van der Waals surface area contributed by atoms with Crippen LogP contribution in [-0.2, 0) is 7.05 Å². The Morgan fingerprint density at radius 2 is 2.18 bits per heavy atom. The molecule has 0 amide bonds. The predicted molar refractivity (Wildman–Crippen MR) is 71.0 cm³/mol. The van der Waals surface area contributed by atoms with Gasteiger partial charge in [0.05, 0.1) is 16.6 Å². The summed E-state index contributed by atoms with van der Waals surface area (Å²) in [5.41, 5.74) is 9.11. The van der Waals surface area contributed by atoms with E-state index in [-0.39, 0.29) is 0 Å². The van der Waals surface area contributed by atoms with Gasteiger partial charge in [0.25, 0.3) is 0 Å². The molecular weight excluding hydrogens is 232 g/mol. The molecule has 0 aliphatic rings. The Balaban J connectivity index is 2.21. The lowest BCUT2D eigenvalue weighted by Crippen LogP contribution is -1.97. The van der Waals surface area contributed by atoms with Crippen molar-refractivity contribution in [2.45, 2.75) is 6.92 Å². The Labute approximate surface area is 103 Å². The van der Waals surface area contributed by atoms with Crippen molar-refractivity contribution in [2.24, 2.45) is 7.05 Å². The third-order valence-corrected chi connectivity index (χ3v) is 3.85. The number of aryl methyl sites for hydroxylation is 2. The van der Waals surface area contributed by atoms with Crippen LogP contribution in [0.5, 0.6) is 0 Å². The SMILES string of the molecule is Cc1nsc2cc(-c3cnn(C)c3N)ccc12. The van der Waals surface area contributed by atoms with Crippen LogP contribution >= 0.6 is 11.5 Å². The lowest BCUT2D eigenvalue weighted by atomic mass is 10.1.